The lowest BCUT2D eigenvalue weighted by Crippen LogP contribution is -2.16. The summed E-state index contributed by atoms with van der Waals surface area (Å²) in [5, 5.41) is 10.6. The van der Waals surface area contributed by atoms with E-state index >= 15 is 0 Å². The summed E-state index contributed by atoms with van der Waals surface area (Å²) in [6, 6.07) is 38.0. The number of rotatable bonds is 8. The first-order chi connectivity index (χ1) is 40.0. The molecule has 2 aliphatic rings. The first-order valence-corrected chi connectivity index (χ1v) is 29.6. The summed E-state index contributed by atoms with van der Waals surface area (Å²) in [4.78, 5) is 29.5. The average Bonchev–Trinajstić information content (AvgIpc) is 1.99. The van der Waals surface area contributed by atoms with Gasteiger partial charge < -0.3 is 24.5 Å². The highest BCUT2D eigenvalue weighted by Gasteiger charge is 2.30. The zero-order valence-corrected chi connectivity index (χ0v) is 52.8. The standard InChI is InChI=1S/C76H80N6O3/c1-42-31-44(3)64(45(4)32-42)67-58-25-23-56(79-58)66(48-19-21-53(83)22-20-48)57-24-26-59(80-57)68(65-46(5)33-43(2)34-47(65)6)61-28-30-63(82-61)69(62-29-27-60(67)81-62)70-71(84-54-37-49(73(7,8)9)35-50(38-54)74(10,11)12)77-41-78-72(70)85-55-39-51(75(13,14)15)36-52(40-55)76(16,17)18/h19-41,79,82-83H,1-18H3. The van der Waals surface area contributed by atoms with E-state index in [1.165, 1.54) is 11.1 Å². The third-order valence-electron chi connectivity index (χ3n) is 16.5. The highest BCUT2D eigenvalue weighted by atomic mass is 16.5. The van der Waals surface area contributed by atoms with Crippen molar-refractivity contribution in [1.82, 2.24) is 29.9 Å². The Bertz CT molecular complexity index is 4140. The Morgan fingerprint density at radius 3 is 0.988 bits per heavy atom. The SMILES string of the molecule is Cc1cc(C)c(-c2c3nc(c(-c4c(Oc5cc(C(C)(C)C)cc(C(C)(C)C)c5)ncnc4Oc4cc(C(C)(C)C)cc(C(C)(C)C)c4)c4ccc([nH]4)c(-c4c(C)cc(C)cc4C)c4nc(c(-c5ccc(O)cc5)c5ccc2[nH]5)C=C4)C=C3)c(C)c1. The van der Waals surface area contributed by atoms with Crippen LogP contribution in [-0.4, -0.2) is 35.0 Å². The van der Waals surface area contributed by atoms with Crippen molar-refractivity contribution < 1.29 is 14.6 Å². The second kappa shape index (κ2) is 21.4. The van der Waals surface area contributed by atoms with Crippen LogP contribution in [0.2, 0.25) is 0 Å². The number of ether oxygens (including phenoxy) is 2. The van der Waals surface area contributed by atoms with Crippen LogP contribution in [0.3, 0.4) is 0 Å². The van der Waals surface area contributed by atoms with Gasteiger partial charge in [0.05, 0.1) is 22.8 Å². The number of aromatic hydroxyl groups is 1. The number of H-pyrrole nitrogens is 2. The second-order valence-electron chi connectivity index (χ2n) is 27.7. The Hall–Kier alpha value is -8.82. The van der Waals surface area contributed by atoms with Crippen LogP contribution in [-0.2, 0) is 21.7 Å². The maximum Gasteiger partial charge on any atom is 0.234 e. The second-order valence-corrected chi connectivity index (χ2v) is 27.7. The van der Waals surface area contributed by atoms with E-state index in [1.54, 1.807) is 18.5 Å². The number of aryl methyl sites for hydroxylation is 6. The van der Waals surface area contributed by atoms with Crippen LogP contribution >= 0.6 is 0 Å². The number of nitrogens with zero attached hydrogens (tertiary/aromatic N) is 4. The molecule has 9 aromatic rings. The van der Waals surface area contributed by atoms with Crippen LogP contribution in [0.5, 0.6) is 29.0 Å². The molecule has 432 valence electrons. The van der Waals surface area contributed by atoms with Gasteiger partial charge in [0.25, 0.3) is 0 Å². The third kappa shape index (κ3) is 11.5. The molecule has 9 heteroatoms. The summed E-state index contributed by atoms with van der Waals surface area (Å²) in [5.74, 6) is 2.10. The highest BCUT2D eigenvalue weighted by molar-refractivity contribution is 6.02. The van der Waals surface area contributed by atoms with Crippen molar-refractivity contribution in [2.75, 3.05) is 0 Å². The minimum absolute atomic E-state index is 0.188. The van der Waals surface area contributed by atoms with E-state index in [0.29, 0.717) is 40.1 Å². The molecule has 0 fully saturated rings. The van der Waals surface area contributed by atoms with E-state index < -0.39 is 0 Å². The largest absolute Gasteiger partial charge is 0.508 e. The van der Waals surface area contributed by atoms with E-state index in [2.05, 4.69) is 244 Å². The van der Waals surface area contributed by atoms with Crippen LogP contribution in [0.15, 0.2) is 116 Å². The summed E-state index contributed by atoms with van der Waals surface area (Å²) < 4.78 is 14.7. The monoisotopic (exact) mass is 1120 g/mol. The fourth-order valence-corrected chi connectivity index (χ4v) is 12.1. The summed E-state index contributed by atoms with van der Waals surface area (Å²) in [6.45, 7) is 39.8. The van der Waals surface area contributed by atoms with Gasteiger partial charge in [-0.15, -0.1) is 0 Å². The van der Waals surface area contributed by atoms with Crippen LogP contribution < -0.4 is 9.47 Å². The maximum atomic E-state index is 10.6. The zero-order valence-electron chi connectivity index (χ0n) is 52.8. The van der Waals surface area contributed by atoms with Crippen molar-refractivity contribution in [3.63, 3.8) is 0 Å². The van der Waals surface area contributed by atoms with Gasteiger partial charge in [0.15, 0.2) is 0 Å². The molecule has 8 bridgehead atoms. The molecule has 3 N–H and O–H groups in total. The third-order valence-corrected chi connectivity index (χ3v) is 16.5. The van der Waals surface area contributed by atoms with Gasteiger partial charge in [-0.25, -0.2) is 19.9 Å². The van der Waals surface area contributed by atoms with Gasteiger partial charge in [0.1, 0.15) is 29.1 Å². The Morgan fingerprint density at radius 1 is 0.353 bits per heavy atom. The van der Waals surface area contributed by atoms with Crippen LogP contribution in [0.25, 0.3) is 90.9 Å². The van der Waals surface area contributed by atoms with Gasteiger partial charge in [-0.1, -0.05) is 143 Å². The van der Waals surface area contributed by atoms with Gasteiger partial charge >= 0.3 is 0 Å². The summed E-state index contributed by atoms with van der Waals surface area (Å²) in [6.07, 6.45) is 9.98. The molecule has 0 saturated heterocycles. The molecule has 0 spiro atoms. The molecule has 0 amide bonds. The Balaban J connectivity index is 1.33. The molecule has 4 aromatic heterocycles. The Labute approximate surface area is 502 Å². The van der Waals surface area contributed by atoms with Crippen molar-refractivity contribution in [3.05, 3.63) is 194 Å². The molecule has 85 heavy (non-hydrogen) atoms. The van der Waals surface area contributed by atoms with Gasteiger partial charge in [-0.3, -0.25) is 0 Å². The number of aromatic amines is 2. The molecular weight excluding hydrogens is 1040 g/mol. The van der Waals surface area contributed by atoms with Gasteiger partial charge in [0.2, 0.25) is 11.8 Å². The summed E-state index contributed by atoms with van der Waals surface area (Å²) in [7, 11) is 0. The van der Waals surface area contributed by atoms with Gasteiger partial charge in [-0.05, 0) is 209 Å². The van der Waals surface area contributed by atoms with Crippen molar-refractivity contribution in [1.29, 1.82) is 0 Å². The first kappa shape index (κ1) is 58.0. The minimum atomic E-state index is -0.188. The number of hydrogen-bond donors (Lipinski definition) is 3. The molecule has 0 atom stereocenters. The Kier molecular flexibility index (Phi) is 14.6. The lowest BCUT2D eigenvalue weighted by Gasteiger charge is -2.26. The average molecular weight is 1130 g/mol. The molecule has 0 aliphatic carbocycles. The predicted molar refractivity (Wildman–Crippen MR) is 354 cm³/mol. The first-order valence-electron chi connectivity index (χ1n) is 29.6. The number of phenolic OH excluding ortho intramolecular Hbond substituents is 1. The van der Waals surface area contributed by atoms with E-state index in [-0.39, 0.29) is 27.4 Å². The topological polar surface area (TPSA) is 122 Å². The molecule has 6 heterocycles. The molecule has 0 radical (unpaired) electrons. The molecule has 9 nitrogen and oxygen atoms in total. The lowest BCUT2D eigenvalue weighted by molar-refractivity contribution is 0.431. The number of aromatic nitrogens is 6. The fraction of sp³-hybridized carbons (Fsp3) is 0.289. The number of fused-ring (bicyclic) bond motifs is 8. The summed E-state index contributed by atoms with van der Waals surface area (Å²) in [5.41, 5.74) is 24.0. The maximum absolute atomic E-state index is 10.6. The van der Waals surface area contributed by atoms with Crippen molar-refractivity contribution in [2.24, 2.45) is 0 Å². The Morgan fingerprint density at radius 2 is 0.659 bits per heavy atom. The van der Waals surface area contributed by atoms with Gasteiger partial charge in [0, 0.05) is 44.3 Å². The molecule has 11 rings (SSSR count). The number of phenols is 1. The highest BCUT2D eigenvalue weighted by Crippen LogP contribution is 2.48. The van der Waals surface area contributed by atoms with E-state index in [9.17, 15) is 5.11 Å². The smallest absolute Gasteiger partial charge is 0.234 e. The van der Waals surface area contributed by atoms with E-state index in [0.717, 1.165) is 117 Å². The predicted octanol–water partition coefficient (Wildman–Crippen LogP) is 20.4. The van der Waals surface area contributed by atoms with Crippen LogP contribution in [0.1, 0.15) is 161 Å². The molecule has 2 aliphatic heterocycles. The molecule has 5 aromatic carbocycles. The van der Waals surface area contributed by atoms with Crippen LogP contribution in [0.4, 0.5) is 0 Å². The number of hydrogen-bond acceptors (Lipinski definition) is 7. The normalized spacial score (nSPS) is 12.8. The van der Waals surface area contributed by atoms with E-state index in [4.69, 9.17) is 29.4 Å². The summed E-state index contributed by atoms with van der Waals surface area (Å²) >= 11 is 0. The number of benzene rings is 5. The molecule has 0 saturated carbocycles. The minimum Gasteiger partial charge on any atom is -0.508 e. The quantitative estimate of drug-likeness (QED) is 0.139. The van der Waals surface area contributed by atoms with Crippen molar-refractivity contribution >= 4 is 46.4 Å². The van der Waals surface area contributed by atoms with Crippen molar-refractivity contribution in [2.45, 2.75) is 146 Å². The van der Waals surface area contributed by atoms with Gasteiger partial charge in [-0.2, -0.15) is 0 Å². The molecular formula is C76H80N6O3. The fourth-order valence-electron chi connectivity index (χ4n) is 12.1. The lowest BCUT2D eigenvalue weighted by atomic mass is 9.80. The molecule has 0 unspecified atom stereocenters. The van der Waals surface area contributed by atoms with Crippen LogP contribution in [0, 0.1) is 41.5 Å². The van der Waals surface area contributed by atoms with E-state index in [1.807, 2.05) is 12.1 Å². The van der Waals surface area contributed by atoms with Crippen molar-refractivity contribution in [3.8, 4) is 73.5 Å². The number of nitrogens with one attached hydrogen (secondary N) is 2. The zero-order chi connectivity index (χ0) is 60.8.